The highest BCUT2D eigenvalue weighted by Crippen LogP contribution is 2.39. The molecule has 0 amide bonds. The van der Waals surface area contributed by atoms with E-state index in [1.165, 1.54) is 6.07 Å². The highest BCUT2D eigenvalue weighted by molar-refractivity contribution is 5.51. The van der Waals surface area contributed by atoms with Gasteiger partial charge in [0.1, 0.15) is 12.1 Å². The zero-order chi connectivity index (χ0) is 14.0. The Kier molecular flexibility index (Phi) is 3.40. The lowest BCUT2D eigenvalue weighted by molar-refractivity contribution is -0.386. The monoisotopic (exact) mass is 261 g/mol. The van der Waals surface area contributed by atoms with E-state index in [0.717, 1.165) is 12.8 Å². The number of nitro groups is 1. The van der Waals surface area contributed by atoms with Gasteiger partial charge in [-0.2, -0.15) is 5.26 Å². The van der Waals surface area contributed by atoms with Gasteiger partial charge >= 0.3 is 5.69 Å². The number of benzene rings is 1. The lowest BCUT2D eigenvalue weighted by Crippen LogP contribution is -2.46. The molecule has 19 heavy (non-hydrogen) atoms. The summed E-state index contributed by atoms with van der Waals surface area (Å²) >= 11 is 0. The Hall–Kier alpha value is -2.13. The summed E-state index contributed by atoms with van der Waals surface area (Å²) in [4.78, 5) is 10.4. The lowest BCUT2D eigenvalue weighted by atomic mass is 9.98. The second-order valence-electron chi connectivity index (χ2n) is 4.90. The third-order valence-electron chi connectivity index (χ3n) is 3.36. The molecule has 0 radical (unpaired) electrons. The summed E-state index contributed by atoms with van der Waals surface area (Å²) in [7, 11) is 0. The van der Waals surface area contributed by atoms with Crippen molar-refractivity contribution >= 4 is 5.69 Å². The minimum absolute atomic E-state index is 0.0279. The smallest absolute Gasteiger partial charge is 0.311 e. The lowest BCUT2D eigenvalue weighted by Gasteiger charge is -2.21. The molecule has 1 unspecified atom stereocenters. The first kappa shape index (κ1) is 13.3. The Balaban J connectivity index is 2.20. The first-order valence-electron chi connectivity index (χ1n) is 6.05. The number of nitriles is 1. The first-order chi connectivity index (χ1) is 8.98. The van der Waals surface area contributed by atoms with Gasteiger partial charge in [0.05, 0.1) is 11.0 Å². The van der Waals surface area contributed by atoms with E-state index in [4.69, 9.17) is 15.7 Å². The van der Waals surface area contributed by atoms with Gasteiger partial charge in [-0.1, -0.05) is 12.1 Å². The van der Waals surface area contributed by atoms with Crippen molar-refractivity contribution in [3.63, 3.8) is 0 Å². The number of rotatable bonds is 5. The Morgan fingerprint density at radius 3 is 2.84 bits per heavy atom. The summed E-state index contributed by atoms with van der Waals surface area (Å²) in [5, 5.41) is 20.1. The van der Waals surface area contributed by atoms with Crippen LogP contribution in [0.5, 0.6) is 5.75 Å². The minimum Gasteiger partial charge on any atom is -0.484 e. The molecule has 0 saturated heterocycles. The molecular formula is C13H15N3O3. The molecule has 100 valence electrons. The van der Waals surface area contributed by atoms with Crippen molar-refractivity contribution in [3.8, 4) is 11.8 Å². The summed E-state index contributed by atoms with van der Waals surface area (Å²) < 4.78 is 5.50. The summed E-state index contributed by atoms with van der Waals surface area (Å²) in [5.41, 5.74) is 5.47. The number of para-hydroxylation sites is 1. The van der Waals surface area contributed by atoms with Crippen LogP contribution in [0.25, 0.3) is 0 Å². The molecule has 1 aromatic carbocycles. The van der Waals surface area contributed by atoms with Crippen molar-refractivity contribution in [2.45, 2.75) is 25.3 Å². The molecule has 1 aliphatic carbocycles. The van der Waals surface area contributed by atoms with Crippen LogP contribution in [-0.2, 0) is 0 Å². The quantitative estimate of drug-likeness (QED) is 0.644. The number of aryl methyl sites for hydroxylation is 1. The predicted molar refractivity (Wildman–Crippen MR) is 68.6 cm³/mol. The van der Waals surface area contributed by atoms with Gasteiger partial charge in [0, 0.05) is 6.07 Å². The zero-order valence-corrected chi connectivity index (χ0v) is 10.6. The van der Waals surface area contributed by atoms with Crippen LogP contribution in [-0.4, -0.2) is 17.1 Å². The van der Waals surface area contributed by atoms with E-state index in [2.05, 4.69) is 6.07 Å². The molecule has 2 N–H and O–H groups in total. The summed E-state index contributed by atoms with van der Waals surface area (Å²) in [5.74, 6) is 0.318. The molecule has 1 aliphatic rings. The molecule has 1 aromatic rings. The van der Waals surface area contributed by atoms with Gasteiger partial charge in [-0.25, -0.2) is 0 Å². The second-order valence-corrected chi connectivity index (χ2v) is 4.90. The molecular weight excluding hydrogens is 246 g/mol. The van der Waals surface area contributed by atoms with E-state index >= 15 is 0 Å². The van der Waals surface area contributed by atoms with Gasteiger partial charge < -0.3 is 10.5 Å². The van der Waals surface area contributed by atoms with Gasteiger partial charge in [-0.05, 0) is 31.2 Å². The maximum absolute atomic E-state index is 10.9. The Morgan fingerprint density at radius 2 is 2.32 bits per heavy atom. The predicted octanol–water partition coefficient (Wildman–Crippen LogP) is 1.91. The van der Waals surface area contributed by atoms with E-state index in [-0.39, 0.29) is 24.0 Å². The van der Waals surface area contributed by atoms with E-state index in [1.807, 2.05) is 0 Å². The highest BCUT2D eigenvalue weighted by atomic mass is 16.6. The van der Waals surface area contributed by atoms with E-state index in [0.29, 0.717) is 5.56 Å². The largest absolute Gasteiger partial charge is 0.484 e. The van der Waals surface area contributed by atoms with Crippen LogP contribution < -0.4 is 10.5 Å². The number of nitro benzene ring substituents is 1. The van der Waals surface area contributed by atoms with Crippen molar-refractivity contribution in [2.75, 3.05) is 6.61 Å². The second kappa shape index (κ2) is 4.86. The van der Waals surface area contributed by atoms with Crippen molar-refractivity contribution in [2.24, 2.45) is 11.7 Å². The maximum Gasteiger partial charge on any atom is 0.311 e. The molecule has 1 fully saturated rings. The molecule has 0 aromatic heterocycles. The fourth-order valence-electron chi connectivity index (χ4n) is 2.00. The van der Waals surface area contributed by atoms with Crippen LogP contribution in [0.15, 0.2) is 18.2 Å². The van der Waals surface area contributed by atoms with Crippen molar-refractivity contribution in [1.29, 1.82) is 5.26 Å². The van der Waals surface area contributed by atoms with Crippen LogP contribution >= 0.6 is 0 Å². The summed E-state index contributed by atoms with van der Waals surface area (Å²) in [6.45, 7) is 1.70. The highest BCUT2D eigenvalue weighted by Gasteiger charge is 2.43. The van der Waals surface area contributed by atoms with Gasteiger partial charge in [0.15, 0.2) is 5.75 Å². The normalized spacial score (nSPS) is 17.3. The van der Waals surface area contributed by atoms with Gasteiger partial charge in [-0.3, -0.25) is 10.1 Å². The minimum atomic E-state index is -1.06. The molecule has 1 atom stereocenters. The van der Waals surface area contributed by atoms with E-state index < -0.39 is 10.5 Å². The third kappa shape index (κ3) is 2.66. The fraction of sp³-hybridized carbons (Fsp3) is 0.462. The third-order valence-corrected chi connectivity index (χ3v) is 3.36. The summed E-state index contributed by atoms with van der Waals surface area (Å²) in [6, 6.07) is 6.77. The fourth-order valence-corrected chi connectivity index (χ4v) is 2.00. The SMILES string of the molecule is Cc1cccc([N+](=O)[O-])c1OCC(N)(C#N)C1CC1. The number of nitrogens with two attached hydrogens (primary N) is 1. The standard InChI is InChI=1S/C13H15N3O3/c1-9-3-2-4-11(16(17)18)12(9)19-8-13(15,7-14)10-5-6-10/h2-4,10H,5-6,8,15H2,1H3. The Labute approximate surface area is 110 Å². The Morgan fingerprint density at radius 1 is 1.63 bits per heavy atom. The van der Waals surface area contributed by atoms with Crippen LogP contribution in [0.2, 0.25) is 0 Å². The molecule has 0 heterocycles. The average molecular weight is 261 g/mol. The van der Waals surface area contributed by atoms with Crippen LogP contribution in [0.3, 0.4) is 0 Å². The maximum atomic E-state index is 10.9. The number of hydrogen-bond donors (Lipinski definition) is 1. The molecule has 0 aliphatic heterocycles. The molecule has 0 spiro atoms. The molecule has 1 saturated carbocycles. The topological polar surface area (TPSA) is 102 Å². The van der Waals surface area contributed by atoms with Crippen molar-refractivity contribution in [3.05, 3.63) is 33.9 Å². The van der Waals surface area contributed by atoms with E-state index in [9.17, 15) is 10.1 Å². The van der Waals surface area contributed by atoms with Crippen molar-refractivity contribution in [1.82, 2.24) is 0 Å². The molecule has 2 rings (SSSR count). The molecule has 0 bridgehead atoms. The van der Waals surface area contributed by atoms with Gasteiger partial charge in [-0.15, -0.1) is 0 Å². The number of ether oxygens (including phenoxy) is 1. The number of hydrogen-bond acceptors (Lipinski definition) is 5. The molecule has 6 nitrogen and oxygen atoms in total. The van der Waals surface area contributed by atoms with Crippen LogP contribution in [0, 0.1) is 34.3 Å². The van der Waals surface area contributed by atoms with Crippen LogP contribution in [0.4, 0.5) is 5.69 Å². The zero-order valence-electron chi connectivity index (χ0n) is 10.6. The van der Waals surface area contributed by atoms with Crippen molar-refractivity contribution < 1.29 is 9.66 Å². The summed E-state index contributed by atoms with van der Waals surface area (Å²) in [6.07, 6.45) is 1.81. The van der Waals surface area contributed by atoms with Crippen LogP contribution in [0.1, 0.15) is 18.4 Å². The number of nitrogens with zero attached hydrogens (tertiary/aromatic N) is 2. The van der Waals surface area contributed by atoms with Gasteiger partial charge in [0.2, 0.25) is 0 Å². The average Bonchev–Trinajstić information content (AvgIpc) is 3.21. The van der Waals surface area contributed by atoms with Gasteiger partial charge in [0.25, 0.3) is 0 Å². The first-order valence-corrected chi connectivity index (χ1v) is 6.05. The van der Waals surface area contributed by atoms with E-state index in [1.54, 1.807) is 19.1 Å². The molecule has 6 heteroatoms. The Bertz CT molecular complexity index is 549.